The third kappa shape index (κ3) is 6.72. The first-order valence-electron chi connectivity index (χ1n) is 14.9. The minimum absolute atomic E-state index is 0.0256. The van der Waals surface area contributed by atoms with E-state index in [1.165, 1.54) is 0 Å². The van der Waals surface area contributed by atoms with Gasteiger partial charge < -0.3 is 31.1 Å². The first kappa shape index (κ1) is 32.9. The van der Waals surface area contributed by atoms with Crippen LogP contribution in [-0.2, 0) is 25.6 Å². The van der Waals surface area contributed by atoms with Crippen LogP contribution >= 0.6 is 12.6 Å². The Bertz CT molecular complexity index is 1530. The second kappa shape index (κ2) is 13.3. The highest BCUT2D eigenvalue weighted by Gasteiger charge is 2.38. The fraction of sp³-hybridized carbons (Fsp3) is 0.455. The summed E-state index contributed by atoms with van der Waals surface area (Å²) in [7, 11) is 0. The van der Waals surface area contributed by atoms with Crippen LogP contribution in [-0.4, -0.2) is 50.2 Å². The van der Waals surface area contributed by atoms with Gasteiger partial charge in [0.1, 0.15) is 0 Å². The number of amides is 2. The van der Waals surface area contributed by atoms with Crippen LogP contribution in [0.1, 0.15) is 75.9 Å². The zero-order valence-corrected chi connectivity index (χ0v) is 26.7. The molecule has 0 bridgehead atoms. The minimum atomic E-state index is -0.913. The summed E-state index contributed by atoms with van der Waals surface area (Å²) in [4.78, 5) is 51.5. The van der Waals surface area contributed by atoms with Crippen molar-refractivity contribution in [3.63, 3.8) is 0 Å². The van der Waals surface area contributed by atoms with E-state index in [-0.39, 0.29) is 60.1 Å². The lowest BCUT2D eigenvalue weighted by Crippen LogP contribution is -2.30. The molecule has 5 atom stereocenters. The molecular formula is C33H42N4O6S. The van der Waals surface area contributed by atoms with E-state index in [9.17, 15) is 29.4 Å². The highest BCUT2D eigenvalue weighted by Crippen LogP contribution is 2.38. The number of rotatable bonds is 12. The molecule has 0 aliphatic carbocycles. The molecule has 1 saturated heterocycles. The molecule has 3 unspecified atom stereocenters. The number of carboxylic acids is 2. The molecule has 6 N–H and O–H groups in total. The molecule has 0 saturated carbocycles. The van der Waals surface area contributed by atoms with E-state index in [0.717, 1.165) is 50.8 Å². The summed E-state index contributed by atoms with van der Waals surface area (Å²) >= 11 is 4.62. The van der Waals surface area contributed by atoms with Gasteiger partial charge in [-0.3, -0.25) is 19.2 Å². The normalized spacial score (nSPS) is 26.0. The first-order chi connectivity index (χ1) is 20.7. The molecule has 44 heavy (non-hydrogen) atoms. The maximum absolute atomic E-state index is 12.5. The number of aliphatic carboxylic acids is 2. The van der Waals surface area contributed by atoms with Crippen LogP contribution in [0.4, 0.5) is 0 Å². The molecular weight excluding hydrogens is 580 g/mol. The molecule has 236 valence electrons. The van der Waals surface area contributed by atoms with Gasteiger partial charge in [0.25, 0.3) is 5.91 Å². The highest BCUT2D eigenvalue weighted by molar-refractivity contribution is 7.80. The van der Waals surface area contributed by atoms with Gasteiger partial charge in [-0.15, -0.1) is 0 Å². The maximum atomic E-state index is 12.5. The third-order valence-corrected chi connectivity index (χ3v) is 9.49. The summed E-state index contributed by atoms with van der Waals surface area (Å²) in [6.45, 7) is 13.4. The standard InChI is InChI=1S/C33H42N4O6S/c1-7-20-15(2)25(36-33(20)43)12-23-16(3)21(8-10-29(38)39)26(34-23)14-27-22(9-11-30(40)41)17(4)24(35-27)13-28-31(19(6)44)18(5)32(42)37-28/h7,13-14,18-19,21,25,31,34-35,44H,1,8-12H2,2-6H3,(H,36,43)(H,37,42)(H,38,39)(H,40,41)/b26-14-,28-13-/t18-,19?,21?,25?,31+/m1/s1. The van der Waals surface area contributed by atoms with E-state index in [1.54, 1.807) is 6.08 Å². The molecule has 0 aromatic carbocycles. The van der Waals surface area contributed by atoms with Gasteiger partial charge in [0, 0.05) is 76.3 Å². The SMILES string of the molecule is C=CC1=C(C)C(CC2=C(C)C(CCC(=O)O)/C(=C/c3[nH]c(/C=C4\NC(=O)[C@H](C)[C@H]4C(C)S)c(C)c3CCC(=O)O)N2)NC1=O. The smallest absolute Gasteiger partial charge is 0.303 e. The van der Waals surface area contributed by atoms with Gasteiger partial charge in [-0.25, -0.2) is 0 Å². The molecule has 11 heteroatoms. The lowest BCUT2D eigenvalue weighted by molar-refractivity contribution is -0.138. The Hall–Kier alpha value is -3.99. The van der Waals surface area contributed by atoms with Crippen molar-refractivity contribution in [3.05, 3.63) is 69.0 Å². The van der Waals surface area contributed by atoms with Gasteiger partial charge in [0.05, 0.1) is 6.04 Å². The molecule has 2 amide bonds. The van der Waals surface area contributed by atoms with Crippen LogP contribution in [0.2, 0.25) is 0 Å². The van der Waals surface area contributed by atoms with Crippen LogP contribution in [0.25, 0.3) is 12.2 Å². The Morgan fingerprint density at radius 2 is 1.66 bits per heavy atom. The van der Waals surface area contributed by atoms with E-state index in [1.807, 2.05) is 46.8 Å². The van der Waals surface area contributed by atoms with Crippen LogP contribution in [0.15, 0.2) is 46.5 Å². The molecule has 0 spiro atoms. The Balaban J connectivity index is 1.74. The second-order valence-electron chi connectivity index (χ2n) is 12.0. The van der Waals surface area contributed by atoms with Crippen molar-refractivity contribution < 1.29 is 29.4 Å². The molecule has 1 aromatic heterocycles. The van der Waals surface area contributed by atoms with Crippen molar-refractivity contribution in [2.45, 2.75) is 78.0 Å². The van der Waals surface area contributed by atoms with Crippen LogP contribution in [0.5, 0.6) is 0 Å². The average molecular weight is 623 g/mol. The van der Waals surface area contributed by atoms with E-state index >= 15 is 0 Å². The Kier molecular flexibility index (Phi) is 9.98. The van der Waals surface area contributed by atoms with Gasteiger partial charge >= 0.3 is 11.9 Å². The van der Waals surface area contributed by atoms with E-state index in [4.69, 9.17) is 0 Å². The molecule has 10 nitrogen and oxygen atoms in total. The largest absolute Gasteiger partial charge is 0.481 e. The molecule has 4 heterocycles. The lowest BCUT2D eigenvalue weighted by atomic mass is 9.91. The van der Waals surface area contributed by atoms with Crippen molar-refractivity contribution >= 4 is 48.5 Å². The molecule has 3 aliphatic rings. The predicted octanol–water partition coefficient (Wildman–Crippen LogP) is 4.47. The number of thiol groups is 1. The van der Waals surface area contributed by atoms with Gasteiger partial charge in [0.2, 0.25) is 5.91 Å². The number of allylic oxidation sites excluding steroid dienone is 2. The summed E-state index contributed by atoms with van der Waals surface area (Å²) in [5, 5.41) is 28.4. The number of hydrogen-bond donors (Lipinski definition) is 7. The molecule has 1 fully saturated rings. The van der Waals surface area contributed by atoms with Crippen molar-refractivity contribution in [2.75, 3.05) is 0 Å². The van der Waals surface area contributed by atoms with Crippen molar-refractivity contribution in [1.82, 2.24) is 20.9 Å². The third-order valence-electron chi connectivity index (χ3n) is 9.16. The zero-order chi connectivity index (χ0) is 32.5. The molecule has 4 rings (SSSR count). The van der Waals surface area contributed by atoms with Crippen LogP contribution in [0.3, 0.4) is 0 Å². The fourth-order valence-electron chi connectivity index (χ4n) is 6.56. The quantitative estimate of drug-likeness (QED) is 0.169. The number of H-pyrrole nitrogens is 1. The van der Waals surface area contributed by atoms with Gasteiger partial charge in [-0.1, -0.05) is 26.5 Å². The summed E-state index contributed by atoms with van der Waals surface area (Å²) in [5.74, 6) is -2.56. The summed E-state index contributed by atoms with van der Waals surface area (Å²) in [6, 6.07) is -0.212. The van der Waals surface area contributed by atoms with Gasteiger partial charge in [0.15, 0.2) is 0 Å². The second-order valence-corrected chi connectivity index (χ2v) is 12.8. The van der Waals surface area contributed by atoms with E-state index in [0.29, 0.717) is 18.4 Å². The minimum Gasteiger partial charge on any atom is -0.481 e. The lowest BCUT2D eigenvalue weighted by Gasteiger charge is -2.17. The Morgan fingerprint density at radius 3 is 2.25 bits per heavy atom. The number of nitrogens with one attached hydrogen (secondary N) is 4. The van der Waals surface area contributed by atoms with Crippen molar-refractivity contribution in [2.24, 2.45) is 17.8 Å². The first-order valence-corrected chi connectivity index (χ1v) is 15.4. The molecule has 3 aliphatic heterocycles. The van der Waals surface area contributed by atoms with Crippen molar-refractivity contribution in [3.8, 4) is 0 Å². The summed E-state index contributed by atoms with van der Waals surface area (Å²) < 4.78 is 0. The Morgan fingerprint density at radius 1 is 1.00 bits per heavy atom. The van der Waals surface area contributed by atoms with Gasteiger partial charge in [-0.2, -0.15) is 12.6 Å². The summed E-state index contributed by atoms with van der Waals surface area (Å²) in [6.07, 6.45) is 6.49. The maximum Gasteiger partial charge on any atom is 0.303 e. The zero-order valence-electron chi connectivity index (χ0n) is 25.8. The van der Waals surface area contributed by atoms with Crippen LogP contribution in [0, 0.1) is 24.7 Å². The van der Waals surface area contributed by atoms with Crippen molar-refractivity contribution in [1.29, 1.82) is 0 Å². The van der Waals surface area contributed by atoms with E-state index < -0.39 is 11.9 Å². The highest BCUT2D eigenvalue weighted by atomic mass is 32.1. The monoisotopic (exact) mass is 622 g/mol. The number of aromatic nitrogens is 1. The topological polar surface area (TPSA) is 161 Å². The molecule has 0 radical (unpaired) electrons. The number of hydrogen-bond acceptors (Lipinski definition) is 6. The molecule has 1 aromatic rings. The summed E-state index contributed by atoms with van der Waals surface area (Å²) in [5.41, 5.74) is 8.14. The fourth-order valence-corrected chi connectivity index (χ4v) is 6.98. The average Bonchev–Trinajstić information content (AvgIpc) is 3.59. The number of carbonyl (C=O) groups is 4. The van der Waals surface area contributed by atoms with Crippen LogP contribution < -0.4 is 16.0 Å². The Labute approximate surface area is 263 Å². The number of aromatic amines is 1. The number of carbonyl (C=O) groups excluding carboxylic acids is 2. The van der Waals surface area contributed by atoms with Gasteiger partial charge in [-0.05, 0) is 68.0 Å². The predicted molar refractivity (Wildman–Crippen MR) is 172 cm³/mol. The number of carboxylic acid groups (broad SMARTS) is 2. The van der Waals surface area contributed by atoms with E-state index in [2.05, 4.69) is 40.1 Å².